The molecule has 29 heavy (non-hydrogen) atoms. The van der Waals surface area contributed by atoms with Crippen molar-refractivity contribution >= 4 is 23.4 Å². The second-order valence-electron chi connectivity index (χ2n) is 6.64. The van der Waals surface area contributed by atoms with Gasteiger partial charge in [-0.05, 0) is 55.3 Å². The van der Waals surface area contributed by atoms with Gasteiger partial charge < -0.3 is 20.7 Å². The van der Waals surface area contributed by atoms with Gasteiger partial charge in [0.1, 0.15) is 5.75 Å². The summed E-state index contributed by atoms with van der Waals surface area (Å²) in [6, 6.07) is 12.4. The SMILES string of the molecule is CCC(=O)NCCNC(=O)c1ccc(NC(=O)COc2cc(C)ccc2C)cc1. The van der Waals surface area contributed by atoms with E-state index in [-0.39, 0.29) is 24.3 Å². The van der Waals surface area contributed by atoms with Gasteiger partial charge in [0.25, 0.3) is 11.8 Å². The molecule has 3 N–H and O–H groups in total. The predicted molar refractivity (Wildman–Crippen MR) is 112 cm³/mol. The molecule has 0 radical (unpaired) electrons. The van der Waals surface area contributed by atoms with E-state index in [1.165, 1.54) is 0 Å². The fourth-order valence-electron chi connectivity index (χ4n) is 2.51. The maximum atomic E-state index is 12.1. The lowest BCUT2D eigenvalue weighted by Crippen LogP contribution is -2.34. The minimum Gasteiger partial charge on any atom is -0.483 e. The van der Waals surface area contributed by atoms with Crippen LogP contribution >= 0.6 is 0 Å². The van der Waals surface area contributed by atoms with E-state index in [0.717, 1.165) is 11.1 Å². The highest BCUT2D eigenvalue weighted by Gasteiger charge is 2.08. The highest BCUT2D eigenvalue weighted by atomic mass is 16.5. The molecule has 0 aliphatic carbocycles. The first-order chi connectivity index (χ1) is 13.9. The number of rotatable bonds is 9. The van der Waals surface area contributed by atoms with E-state index < -0.39 is 0 Å². The molecule has 0 spiro atoms. The van der Waals surface area contributed by atoms with Crippen molar-refractivity contribution in [2.24, 2.45) is 0 Å². The van der Waals surface area contributed by atoms with Gasteiger partial charge in [0.15, 0.2) is 6.61 Å². The van der Waals surface area contributed by atoms with Gasteiger partial charge in [-0.1, -0.05) is 19.1 Å². The molecule has 2 aromatic carbocycles. The number of benzene rings is 2. The Hall–Kier alpha value is -3.35. The fourth-order valence-corrected chi connectivity index (χ4v) is 2.51. The Kier molecular flexibility index (Phi) is 8.21. The predicted octanol–water partition coefficient (Wildman–Crippen LogP) is 2.58. The number of nitrogens with one attached hydrogen (secondary N) is 3. The Labute approximate surface area is 170 Å². The highest BCUT2D eigenvalue weighted by Crippen LogP contribution is 2.19. The zero-order chi connectivity index (χ0) is 21.2. The maximum absolute atomic E-state index is 12.1. The molecule has 7 heteroatoms. The second-order valence-corrected chi connectivity index (χ2v) is 6.64. The molecule has 0 bridgehead atoms. The number of carbonyl (C=O) groups excluding carboxylic acids is 3. The van der Waals surface area contributed by atoms with Crippen LogP contribution in [0.25, 0.3) is 0 Å². The van der Waals surface area contributed by atoms with Gasteiger partial charge in [-0.3, -0.25) is 14.4 Å². The maximum Gasteiger partial charge on any atom is 0.262 e. The standard InChI is InChI=1S/C22H27N3O4/c1-4-20(26)23-11-12-24-22(28)17-7-9-18(10-8-17)25-21(27)14-29-19-13-15(2)5-6-16(19)3/h5-10,13H,4,11-12,14H2,1-3H3,(H,23,26)(H,24,28)(H,25,27). The number of carbonyl (C=O) groups is 3. The van der Waals surface area contributed by atoms with E-state index in [1.54, 1.807) is 31.2 Å². The summed E-state index contributed by atoms with van der Waals surface area (Å²) >= 11 is 0. The molecule has 2 rings (SSSR count). The molecule has 0 atom stereocenters. The molecule has 0 heterocycles. The van der Waals surface area contributed by atoms with E-state index >= 15 is 0 Å². The molecule has 0 aromatic heterocycles. The Balaban J connectivity index is 1.79. The van der Waals surface area contributed by atoms with Gasteiger partial charge in [-0.2, -0.15) is 0 Å². The molecule has 154 valence electrons. The second kappa shape index (κ2) is 10.8. The molecule has 2 aromatic rings. The lowest BCUT2D eigenvalue weighted by molar-refractivity contribution is -0.120. The van der Waals surface area contributed by atoms with Crippen LogP contribution < -0.4 is 20.7 Å². The van der Waals surface area contributed by atoms with Gasteiger partial charge >= 0.3 is 0 Å². The summed E-state index contributed by atoms with van der Waals surface area (Å²) in [5, 5.41) is 8.15. The minimum atomic E-state index is -0.283. The van der Waals surface area contributed by atoms with Crippen LogP contribution in [0.2, 0.25) is 0 Å². The Morgan fingerprint density at radius 2 is 1.59 bits per heavy atom. The third-order valence-electron chi connectivity index (χ3n) is 4.19. The molecule has 7 nitrogen and oxygen atoms in total. The van der Waals surface area contributed by atoms with E-state index in [4.69, 9.17) is 4.74 Å². The molecular formula is C22H27N3O4. The van der Waals surface area contributed by atoms with Crippen LogP contribution in [0.4, 0.5) is 5.69 Å². The first kappa shape index (κ1) is 21.9. The van der Waals surface area contributed by atoms with E-state index in [1.807, 2.05) is 32.0 Å². The van der Waals surface area contributed by atoms with Gasteiger partial charge in [-0.15, -0.1) is 0 Å². The van der Waals surface area contributed by atoms with Crippen LogP contribution in [-0.4, -0.2) is 37.4 Å². The van der Waals surface area contributed by atoms with Crippen molar-refractivity contribution in [3.8, 4) is 5.75 Å². The largest absolute Gasteiger partial charge is 0.483 e. The Morgan fingerprint density at radius 3 is 2.28 bits per heavy atom. The molecule has 3 amide bonds. The van der Waals surface area contributed by atoms with Crippen LogP contribution in [0.15, 0.2) is 42.5 Å². The van der Waals surface area contributed by atoms with Crippen LogP contribution in [0.1, 0.15) is 34.8 Å². The summed E-state index contributed by atoms with van der Waals surface area (Å²) in [5.41, 5.74) is 3.07. The number of hydrogen-bond acceptors (Lipinski definition) is 4. The number of aryl methyl sites for hydroxylation is 2. The van der Waals surface area contributed by atoms with E-state index in [2.05, 4.69) is 16.0 Å². The molecule has 0 saturated carbocycles. The van der Waals surface area contributed by atoms with Crippen LogP contribution in [0, 0.1) is 13.8 Å². The van der Waals surface area contributed by atoms with E-state index in [9.17, 15) is 14.4 Å². The Morgan fingerprint density at radius 1 is 0.897 bits per heavy atom. The molecule has 0 fully saturated rings. The third-order valence-corrected chi connectivity index (χ3v) is 4.19. The normalized spacial score (nSPS) is 10.2. The summed E-state index contributed by atoms with van der Waals surface area (Å²) in [6.45, 7) is 6.28. The zero-order valence-corrected chi connectivity index (χ0v) is 17.0. The van der Waals surface area contributed by atoms with Crippen molar-refractivity contribution in [2.45, 2.75) is 27.2 Å². The van der Waals surface area contributed by atoms with Gasteiger partial charge in [0, 0.05) is 30.8 Å². The highest BCUT2D eigenvalue weighted by molar-refractivity contribution is 5.96. The first-order valence-corrected chi connectivity index (χ1v) is 9.54. The zero-order valence-electron chi connectivity index (χ0n) is 17.0. The number of amides is 3. The van der Waals surface area contributed by atoms with Crippen molar-refractivity contribution in [1.82, 2.24) is 10.6 Å². The average Bonchev–Trinajstić information content (AvgIpc) is 2.72. The van der Waals surface area contributed by atoms with Crippen molar-refractivity contribution in [1.29, 1.82) is 0 Å². The lowest BCUT2D eigenvalue weighted by Gasteiger charge is -2.11. The van der Waals surface area contributed by atoms with Crippen molar-refractivity contribution in [3.05, 3.63) is 59.2 Å². The molecule has 0 unspecified atom stereocenters. The van der Waals surface area contributed by atoms with Crippen molar-refractivity contribution < 1.29 is 19.1 Å². The summed E-state index contributed by atoms with van der Waals surface area (Å²) in [4.78, 5) is 35.3. The number of hydrogen-bond donors (Lipinski definition) is 3. The Bertz CT molecular complexity index is 863. The number of ether oxygens (including phenoxy) is 1. The van der Waals surface area contributed by atoms with Crippen LogP contribution in [0.3, 0.4) is 0 Å². The molecular weight excluding hydrogens is 370 g/mol. The summed E-state index contributed by atoms with van der Waals surface area (Å²) in [7, 11) is 0. The van der Waals surface area contributed by atoms with Crippen LogP contribution in [0.5, 0.6) is 5.75 Å². The minimum absolute atomic E-state index is 0.0547. The average molecular weight is 397 g/mol. The fraction of sp³-hybridized carbons (Fsp3) is 0.318. The summed E-state index contributed by atoms with van der Waals surface area (Å²) in [5.74, 6) is 0.102. The lowest BCUT2D eigenvalue weighted by atomic mass is 10.1. The van der Waals surface area contributed by atoms with Gasteiger partial charge in [0.2, 0.25) is 5.91 Å². The van der Waals surface area contributed by atoms with Crippen LogP contribution in [-0.2, 0) is 9.59 Å². The van der Waals surface area contributed by atoms with Gasteiger partial charge in [0.05, 0.1) is 0 Å². The van der Waals surface area contributed by atoms with Gasteiger partial charge in [-0.25, -0.2) is 0 Å². The monoisotopic (exact) mass is 397 g/mol. The summed E-state index contributed by atoms with van der Waals surface area (Å²) < 4.78 is 5.59. The van der Waals surface area contributed by atoms with Crippen molar-refractivity contribution in [2.75, 3.05) is 25.0 Å². The topological polar surface area (TPSA) is 96.5 Å². The number of anilines is 1. The molecule has 0 aliphatic heterocycles. The van der Waals surface area contributed by atoms with E-state index in [0.29, 0.717) is 36.5 Å². The molecule has 0 aliphatic rings. The first-order valence-electron chi connectivity index (χ1n) is 9.54. The smallest absolute Gasteiger partial charge is 0.262 e. The molecule has 0 saturated heterocycles. The third kappa shape index (κ3) is 7.29. The summed E-state index contributed by atoms with van der Waals surface area (Å²) in [6.07, 6.45) is 0.413. The van der Waals surface area contributed by atoms with Crippen molar-refractivity contribution in [3.63, 3.8) is 0 Å². The quantitative estimate of drug-likeness (QED) is 0.567.